The van der Waals surface area contributed by atoms with Crippen molar-refractivity contribution in [3.8, 4) is 0 Å². The molecule has 3 saturated heterocycles. The van der Waals surface area contributed by atoms with Gasteiger partial charge in [-0.3, -0.25) is 0 Å². The molecule has 3 aliphatic heterocycles. The van der Waals surface area contributed by atoms with Crippen LogP contribution in [0.2, 0.25) is 0 Å². The van der Waals surface area contributed by atoms with Gasteiger partial charge < -0.3 is 33.9 Å². The van der Waals surface area contributed by atoms with E-state index in [1.807, 2.05) is 0 Å². The van der Waals surface area contributed by atoms with Gasteiger partial charge in [-0.2, -0.15) is 14.7 Å². The Morgan fingerprint density at radius 3 is 2.00 bits per heavy atom. The maximum atomic E-state index is 10.8. The second-order valence-electron chi connectivity index (χ2n) is 8.10. The summed E-state index contributed by atoms with van der Waals surface area (Å²) in [5, 5.41) is 28.6. The number of ether oxygens (including phenoxy) is 5. The van der Waals surface area contributed by atoms with Crippen molar-refractivity contribution in [2.45, 2.75) is 87.4 Å². The first-order valence-corrected chi connectivity index (χ1v) is 10.5. The van der Waals surface area contributed by atoms with E-state index < -0.39 is 55.3 Å². The van der Waals surface area contributed by atoms with Gasteiger partial charge in [0.25, 0.3) is 0 Å². The highest BCUT2D eigenvalue weighted by Gasteiger charge is 2.38. The zero-order valence-corrected chi connectivity index (χ0v) is 17.1. The number of nitrogens with zero attached hydrogens (tertiary/aromatic N) is 3. The third-order valence-corrected chi connectivity index (χ3v) is 5.60. The molecule has 0 aliphatic carbocycles. The fourth-order valence-corrected chi connectivity index (χ4v) is 4.17. The summed E-state index contributed by atoms with van der Waals surface area (Å²) >= 11 is 0. The van der Waals surface area contributed by atoms with Gasteiger partial charge in [0.1, 0.15) is 25.7 Å². The van der Waals surface area contributed by atoms with E-state index in [0.29, 0.717) is 19.3 Å². The quantitative estimate of drug-likeness (QED) is 0.450. The molecule has 0 aromatic rings. The van der Waals surface area contributed by atoms with Gasteiger partial charge in [-0.15, -0.1) is 0 Å². The fraction of sp³-hybridized carbons (Fsp3) is 1.00. The van der Waals surface area contributed by atoms with E-state index in [1.54, 1.807) is 0 Å². The predicted octanol–water partition coefficient (Wildman–Crippen LogP) is 0.577. The van der Waals surface area contributed by atoms with Crippen LogP contribution in [0.1, 0.15) is 32.1 Å². The summed E-state index contributed by atoms with van der Waals surface area (Å²) < 4.78 is 28.8. The van der Waals surface area contributed by atoms with Crippen molar-refractivity contribution in [3.05, 3.63) is 14.7 Å². The van der Waals surface area contributed by atoms with Gasteiger partial charge in [0.2, 0.25) is 0 Å². The van der Waals surface area contributed by atoms with Crippen molar-refractivity contribution >= 4 is 0 Å². The summed E-state index contributed by atoms with van der Waals surface area (Å²) in [6.45, 7) is -0.122. The SMILES string of the molecule is O=NC[C@H]1C[C@@H](O)C[C@@H](O[C@@H]2C[C@H](CN=O)O[C@H](O[C@H]3CO[C@H](CN=O)[C@@H](O)C3)C2)O1. The van der Waals surface area contributed by atoms with E-state index in [4.69, 9.17) is 23.7 Å². The minimum atomic E-state index is -0.889. The smallest absolute Gasteiger partial charge is 0.161 e. The van der Waals surface area contributed by atoms with Crippen molar-refractivity contribution in [2.24, 2.45) is 15.5 Å². The molecule has 176 valence electrons. The molecule has 0 radical (unpaired) electrons. The summed E-state index contributed by atoms with van der Waals surface area (Å²) in [5.41, 5.74) is 0. The van der Waals surface area contributed by atoms with Crippen LogP contribution in [0.5, 0.6) is 0 Å². The van der Waals surface area contributed by atoms with Crippen LogP contribution in [0, 0.1) is 14.7 Å². The maximum absolute atomic E-state index is 10.8. The molecule has 0 aromatic heterocycles. The minimum Gasteiger partial charge on any atom is -0.393 e. The Bertz CT molecular complexity index is 599. The number of hydrogen-bond donors (Lipinski definition) is 2. The van der Waals surface area contributed by atoms with Gasteiger partial charge >= 0.3 is 0 Å². The van der Waals surface area contributed by atoms with Crippen LogP contribution in [0.15, 0.2) is 15.5 Å². The van der Waals surface area contributed by atoms with E-state index in [-0.39, 0.29) is 39.1 Å². The first-order chi connectivity index (χ1) is 15.0. The molecule has 3 heterocycles. The lowest BCUT2D eigenvalue weighted by Crippen LogP contribution is -2.48. The van der Waals surface area contributed by atoms with Gasteiger partial charge in [-0.1, -0.05) is 15.5 Å². The van der Waals surface area contributed by atoms with Crippen LogP contribution >= 0.6 is 0 Å². The molecule has 0 saturated carbocycles. The number of aliphatic hydroxyl groups is 2. The molecule has 13 nitrogen and oxygen atoms in total. The molecule has 0 spiro atoms. The zero-order chi connectivity index (χ0) is 22.2. The Hall–Kier alpha value is -1.48. The molecule has 3 fully saturated rings. The van der Waals surface area contributed by atoms with Crippen molar-refractivity contribution in [3.63, 3.8) is 0 Å². The fourth-order valence-electron chi connectivity index (χ4n) is 4.17. The summed E-state index contributed by atoms with van der Waals surface area (Å²) in [5.74, 6) is 0. The molecule has 0 amide bonds. The van der Waals surface area contributed by atoms with Crippen LogP contribution in [-0.4, -0.2) is 91.8 Å². The van der Waals surface area contributed by atoms with Gasteiger partial charge in [0.15, 0.2) is 12.6 Å². The van der Waals surface area contributed by atoms with Crippen LogP contribution in [-0.2, 0) is 23.7 Å². The molecule has 31 heavy (non-hydrogen) atoms. The number of nitroso groups, excluding NO2 is 3. The first-order valence-electron chi connectivity index (χ1n) is 10.5. The van der Waals surface area contributed by atoms with Crippen LogP contribution in [0.4, 0.5) is 0 Å². The van der Waals surface area contributed by atoms with E-state index in [0.717, 1.165) is 0 Å². The summed E-state index contributed by atoms with van der Waals surface area (Å²) in [6, 6.07) is 0. The Labute approximate surface area is 178 Å². The topological polar surface area (TPSA) is 175 Å². The minimum absolute atomic E-state index is 0.0707. The van der Waals surface area contributed by atoms with Gasteiger partial charge in [-0.05, 0) is 0 Å². The van der Waals surface area contributed by atoms with E-state index in [2.05, 4.69) is 15.5 Å². The van der Waals surface area contributed by atoms with Crippen molar-refractivity contribution in [2.75, 3.05) is 26.2 Å². The molecule has 0 bridgehead atoms. The standard InChI is InChI=1S/C18H29N3O10/c22-10-1-12(6-19-24)29-17(2-10)28-11-3-13(7-20-25)30-18(5-11)31-14-4-15(23)16(8-21-26)27-9-14/h10-18,22-23H,1-9H2/t10-,11-,12-,13-,14-,15+,16-,17+,18-/m1/s1. The zero-order valence-electron chi connectivity index (χ0n) is 17.1. The average molecular weight is 447 g/mol. The number of hydrogen-bond acceptors (Lipinski definition) is 13. The molecule has 2 N–H and O–H groups in total. The Morgan fingerprint density at radius 1 is 0.742 bits per heavy atom. The lowest BCUT2D eigenvalue weighted by Gasteiger charge is -2.40. The largest absolute Gasteiger partial charge is 0.393 e. The summed E-state index contributed by atoms with van der Waals surface area (Å²) in [7, 11) is 0. The van der Waals surface area contributed by atoms with Crippen molar-refractivity contribution in [1.82, 2.24) is 0 Å². The Balaban J connectivity index is 1.55. The van der Waals surface area contributed by atoms with Gasteiger partial charge in [0, 0.05) is 32.1 Å². The lowest BCUT2D eigenvalue weighted by molar-refractivity contribution is -0.285. The molecule has 13 heteroatoms. The molecular weight excluding hydrogens is 418 g/mol. The molecule has 9 atom stereocenters. The van der Waals surface area contributed by atoms with Gasteiger partial charge in [0.05, 0.1) is 43.2 Å². The summed E-state index contributed by atoms with van der Waals surface area (Å²) in [6.07, 6.45) is -4.04. The molecule has 0 aromatic carbocycles. The Kier molecular flexibility index (Phi) is 9.31. The maximum Gasteiger partial charge on any atom is 0.161 e. The molecular formula is C18H29N3O10. The number of aliphatic hydroxyl groups excluding tert-OH is 2. The molecule has 3 aliphatic rings. The first kappa shape index (κ1) is 24.2. The van der Waals surface area contributed by atoms with E-state index >= 15 is 0 Å². The molecule has 3 rings (SSSR count). The third kappa shape index (κ3) is 7.27. The second kappa shape index (κ2) is 11.9. The number of rotatable bonds is 10. The highest BCUT2D eigenvalue weighted by Crippen LogP contribution is 2.30. The third-order valence-electron chi connectivity index (χ3n) is 5.60. The van der Waals surface area contributed by atoms with Gasteiger partial charge in [-0.25, -0.2) is 0 Å². The monoisotopic (exact) mass is 447 g/mol. The summed E-state index contributed by atoms with van der Waals surface area (Å²) in [4.78, 5) is 31.7. The predicted molar refractivity (Wildman–Crippen MR) is 104 cm³/mol. The van der Waals surface area contributed by atoms with Crippen LogP contribution in [0.3, 0.4) is 0 Å². The Morgan fingerprint density at radius 2 is 1.35 bits per heavy atom. The normalized spacial score (nSPS) is 41.4. The van der Waals surface area contributed by atoms with Crippen molar-refractivity contribution in [1.29, 1.82) is 0 Å². The average Bonchev–Trinajstić information content (AvgIpc) is 2.70. The second-order valence-corrected chi connectivity index (χ2v) is 8.10. The highest BCUT2D eigenvalue weighted by molar-refractivity contribution is 4.83. The van der Waals surface area contributed by atoms with Crippen LogP contribution in [0.25, 0.3) is 0 Å². The molecule has 0 unspecified atom stereocenters. The lowest BCUT2D eigenvalue weighted by atomic mass is 10.0. The van der Waals surface area contributed by atoms with E-state index in [9.17, 15) is 24.9 Å². The van der Waals surface area contributed by atoms with Crippen LogP contribution < -0.4 is 0 Å². The van der Waals surface area contributed by atoms with E-state index in [1.165, 1.54) is 0 Å². The van der Waals surface area contributed by atoms with Crippen molar-refractivity contribution < 1.29 is 33.9 Å². The highest BCUT2D eigenvalue weighted by atomic mass is 16.7.